The molecule has 2 saturated carbocycles. The molecule has 1 N–H and O–H groups in total. The van der Waals surface area contributed by atoms with E-state index in [1.54, 1.807) is 4.88 Å². The maximum atomic E-state index is 3.99. The molecule has 0 aromatic carbocycles. The quantitative estimate of drug-likeness (QED) is 0.913. The van der Waals surface area contributed by atoms with Gasteiger partial charge in [0.25, 0.3) is 0 Å². The molecule has 1 atom stereocenters. The zero-order chi connectivity index (χ0) is 14.3. The van der Waals surface area contributed by atoms with Gasteiger partial charge in [0, 0.05) is 35.6 Å². The van der Waals surface area contributed by atoms with E-state index in [-0.39, 0.29) is 0 Å². The molecule has 1 aliphatic heterocycles. The summed E-state index contributed by atoms with van der Waals surface area (Å²) in [6, 6.07) is 4.49. The summed E-state index contributed by atoms with van der Waals surface area (Å²) in [7, 11) is 0. The largest absolute Gasteiger partial charge is 0.308 e. The van der Waals surface area contributed by atoms with Crippen LogP contribution in [0.4, 0.5) is 0 Å². The molecule has 2 heterocycles. The standard InChI is InChI=1S/C18H28N2S/c1-17(15-6-7-15)13-19-18(9-2-3-10-18)14-20(17)11-8-16-5-4-12-21-16/h4-5,12,15,19H,2-3,6-11,13-14H2,1H3. The molecule has 1 unspecified atom stereocenters. The van der Waals surface area contributed by atoms with Crippen molar-refractivity contribution in [2.75, 3.05) is 19.6 Å². The van der Waals surface area contributed by atoms with Crippen molar-refractivity contribution in [1.82, 2.24) is 10.2 Å². The van der Waals surface area contributed by atoms with Crippen molar-refractivity contribution < 1.29 is 0 Å². The van der Waals surface area contributed by atoms with Crippen molar-refractivity contribution in [3.8, 4) is 0 Å². The van der Waals surface area contributed by atoms with Crippen LogP contribution in [0.1, 0.15) is 50.3 Å². The van der Waals surface area contributed by atoms with Gasteiger partial charge in [-0.15, -0.1) is 11.3 Å². The SMILES string of the molecule is CC1(C2CC2)CNC2(CCCC2)CN1CCc1cccs1. The van der Waals surface area contributed by atoms with Crippen LogP contribution in [0.5, 0.6) is 0 Å². The molecule has 1 spiro atoms. The van der Waals surface area contributed by atoms with Crippen molar-refractivity contribution in [2.45, 2.75) is 62.9 Å². The number of hydrogen-bond donors (Lipinski definition) is 1. The van der Waals surface area contributed by atoms with Crippen LogP contribution >= 0.6 is 11.3 Å². The smallest absolute Gasteiger partial charge is 0.0335 e. The second kappa shape index (κ2) is 5.36. The lowest BCUT2D eigenvalue weighted by atomic mass is 9.83. The summed E-state index contributed by atoms with van der Waals surface area (Å²) in [5.74, 6) is 0.937. The third kappa shape index (κ3) is 2.69. The van der Waals surface area contributed by atoms with Crippen LogP contribution in [0.2, 0.25) is 0 Å². The average Bonchev–Trinajstić information content (AvgIpc) is 3.05. The van der Waals surface area contributed by atoms with Gasteiger partial charge in [0.2, 0.25) is 0 Å². The molecule has 2 aliphatic carbocycles. The maximum absolute atomic E-state index is 3.99. The van der Waals surface area contributed by atoms with Crippen LogP contribution in [-0.2, 0) is 6.42 Å². The molecular weight excluding hydrogens is 276 g/mol. The summed E-state index contributed by atoms with van der Waals surface area (Å²) < 4.78 is 0. The van der Waals surface area contributed by atoms with Crippen molar-refractivity contribution >= 4 is 11.3 Å². The second-order valence-corrected chi connectivity index (χ2v) is 8.76. The monoisotopic (exact) mass is 304 g/mol. The Morgan fingerprint density at radius 1 is 1.33 bits per heavy atom. The van der Waals surface area contributed by atoms with Gasteiger partial charge in [-0.1, -0.05) is 18.9 Å². The van der Waals surface area contributed by atoms with E-state index >= 15 is 0 Å². The Morgan fingerprint density at radius 2 is 2.14 bits per heavy atom. The summed E-state index contributed by atoms with van der Waals surface area (Å²) in [5, 5.41) is 6.20. The number of piperazine rings is 1. The lowest BCUT2D eigenvalue weighted by Gasteiger charge is -2.53. The molecule has 3 fully saturated rings. The van der Waals surface area contributed by atoms with Gasteiger partial charge >= 0.3 is 0 Å². The first kappa shape index (κ1) is 14.2. The predicted octanol–water partition coefficient (Wildman–Crippen LogP) is 3.68. The van der Waals surface area contributed by atoms with E-state index in [0.717, 1.165) is 5.92 Å². The van der Waals surface area contributed by atoms with Crippen LogP contribution in [0.15, 0.2) is 17.5 Å². The van der Waals surface area contributed by atoms with Gasteiger partial charge < -0.3 is 5.32 Å². The van der Waals surface area contributed by atoms with Crippen LogP contribution < -0.4 is 5.32 Å². The molecule has 4 rings (SSSR count). The minimum atomic E-state index is 0.408. The molecule has 0 amide bonds. The summed E-state index contributed by atoms with van der Waals surface area (Å²) >= 11 is 1.92. The van der Waals surface area contributed by atoms with Crippen molar-refractivity contribution in [3.63, 3.8) is 0 Å². The average molecular weight is 305 g/mol. The Morgan fingerprint density at radius 3 is 2.81 bits per heavy atom. The van der Waals surface area contributed by atoms with Gasteiger partial charge in [-0.2, -0.15) is 0 Å². The molecule has 0 radical (unpaired) electrons. The van der Waals surface area contributed by atoms with Crippen LogP contribution in [-0.4, -0.2) is 35.6 Å². The van der Waals surface area contributed by atoms with E-state index in [1.807, 2.05) is 11.3 Å². The first-order chi connectivity index (χ1) is 10.2. The van der Waals surface area contributed by atoms with Gasteiger partial charge in [0.1, 0.15) is 0 Å². The maximum Gasteiger partial charge on any atom is 0.0335 e. The Labute approximate surface area is 132 Å². The lowest BCUT2D eigenvalue weighted by Crippen LogP contribution is -2.69. The Hall–Kier alpha value is -0.380. The normalized spacial score (nSPS) is 32.8. The Bertz CT molecular complexity index is 473. The van der Waals surface area contributed by atoms with E-state index < -0.39 is 0 Å². The highest BCUT2D eigenvalue weighted by atomic mass is 32.1. The van der Waals surface area contributed by atoms with E-state index in [4.69, 9.17) is 0 Å². The highest BCUT2D eigenvalue weighted by molar-refractivity contribution is 7.09. The highest BCUT2D eigenvalue weighted by Crippen LogP contribution is 2.46. The number of thiophene rings is 1. The molecular formula is C18H28N2S. The first-order valence-electron chi connectivity index (χ1n) is 8.73. The zero-order valence-corrected chi connectivity index (χ0v) is 14.1. The highest BCUT2D eigenvalue weighted by Gasteiger charge is 2.52. The number of nitrogens with zero attached hydrogens (tertiary/aromatic N) is 1. The van der Waals surface area contributed by atoms with E-state index in [1.165, 1.54) is 64.6 Å². The third-order valence-electron chi connectivity index (χ3n) is 6.26. The van der Waals surface area contributed by atoms with Crippen LogP contribution in [0.25, 0.3) is 0 Å². The fourth-order valence-corrected chi connectivity index (χ4v) is 5.31. The molecule has 116 valence electrons. The summed E-state index contributed by atoms with van der Waals surface area (Å²) in [4.78, 5) is 4.42. The predicted molar refractivity (Wildman–Crippen MR) is 89.9 cm³/mol. The van der Waals surface area contributed by atoms with Crippen molar-refractivity contribution in [3.05, 3.63) is 22.4 Å². The van der Waals surface area contributed by atoms with E-state index in [0.29, 0.717) is 11.1 Å². The summed E-state index contributed by atoms with van der Waals surface area (Å²) in [5.41, 5.74) is 0.856. The van der Waals surface area contributed by atoms with Gasteiger partial charge in [0.15, 0.2) is 0 Å². The molecule has 1 saturated heterocycles. The Balaban J connectivity index is 1.49. The molecule has 2 nitrogen and oxygen atoms in total. The first-order valence-corrected chi connectivity index (χ1v) is 9.61. The fraction of sp³-hybridized carbons (Fsp3) is 0.778. The van der Waals surface area contributed by atoms with E-state index in [9.17, 15) is 0 Å². The molecule has 21 heavy (non-hydrogen) atoms. The summed E-state index contributed by atoms with van der Waals surface area (Å²) in [6.45, 7) is 6.26. The van der Waals surface area contributed by atoms with Gasteiger partial charge in [-0.05, 0) is 56.4 Å². The molecule has 3 heteroatoms. The fourth-order valence-electron chi connectivity index (χ4n) is 4.61. The van der Waals surface area contributed by atoms with Crippen LogP contribution in [0, 0.1) is 5.92 Å². The number of nitrogens with one attached hydrogen (secondary N) is 1. The van der Waals surface area contributed by atoms with Gasteiger partial charge in [-0.3, -0.25) is 4.90 Å². The van der Waals surface area contributed by atoms with Gasteiger partial charge in [0.05, 0.1) is 0 Å². The zero-order valence-electron chi connectivity index (χ0n) is 13.2. The van der Waals surface area contributed by atoms with Crippen molar-refractivity contribution in [2.24, 2.45) is 5.92 Å². The Kier molecular flexibility index (Phi) is 3.63. The lowest BCUT2D eigenvalue weighted by molar-refractivity contribution is 0.00367. The van der Waals surface area contributed by atoms with Gasteiger partial charge in [-0.25, -0.2) is 0 Å². The molecule has 3 aliphatic rings. The van der Waals surface area contributed by atoms with Crippen molar-refractivity contribution in [1.29, 1.82) is 0 Å². The number of rotatable bonds is 4. The number of hydrogen-bond acceptors (Lipinski definition) is 3. The molecule has 1 aromatic rings. The minimum absolute atomic E-state index is 0.408. The second-order valence-electron chi connectivity index (χ2n) is 7.72. The molecule has 0 bridgehead atoms. The summed E-state index contributed by atoms with van der Waals surface area (Å²) in [6.07, 6.45) is 9.75. The molecule has 1 aromatic heterocycles. The van der Waals surface area contributed by atoms with Crippen LogP contribution in [0.3, 0.4) is 0 Å². The topological polar surface area (TPSA) is 15.3 Å². The van der Waals surface area contributed by atoms with E-state index in [2.05, 4.69) is 34.7 Å². The third-order valence-corrected chi connectivity index (χ3v) is 7.20. The minimum Gasteiger partial charge on any atom is -0.308 e.